The van der Waals surface area contributed by atoms with Gasteiger partial charge in [-0.1, -0.05) is 19.8 Å². The van der Waals surface area contributed by atoms with Crippen LogP contribution in [0.15, 0.2) is 12.1 Å². The lowest BCUT2D eigenvalue weighted by molar-refractivity contribution is 0.0702. The quantitative estimate of drug-likeness (QED) is 0.752. The van der Waals surface area contributed by atoms with Crippen molar-refractivity contribution >= 4 is 22.3 Å². The molecule has 1 aromatic rings. The fraction of sp³-hybridized carbons (Fsp3) is 0.615. The second kappa shape index (κ2) is 6.64. The Bertz CT molecular complexity index is 360. The lowest BCUT2D eigenvalue weighted by Gasteiger charge is -2.27. The van der Waals surface area contributed by atoms with Crippen molar-refractivity contribution in [3.8, 4) is 0 Å². The third kappa shape index (κ3) is 4.04. The van der Waals surface area contributed by atoms with E-state index in [2.05, 4.69) is 25.7 Å². The molecule has 0 saturated carbocycles. The monoisotopic (exact) mass is 255 g/mol. The highest BCUT2D eigenvalue weighted by Crippen LogP contribution is 2.28. The number of unbranched alkanes of at least 4 members (excludes halogenated alkanes) is 2. The molecule has 0 unspecified atom stereocenters. The Morgan fingerprint density at radius 2 is 2.12 bits per heavy atom. The van der Waals surface area contributed by atoms with Crippen LogP contribution in [0.4, 0.5) is 5.00 Å². The Kier molecular flexibility index (Phi) is 5.48. The van der Waals surface area contributed by atoms with E-state index >= 15 is 0 Å². The van der Waals surface area contributed by atoms with Gasteiger partial charge < -0.3 is 10.0 Å². The minimum atomic E-state index is -0.835. The smallest absolute Gasteiger partial charge is 0.345 e. The average molecular weight is 255 g/mol. The molecule has 1 aromatic heterocycles. The van der Waals surface area contributed by atoms with E-state index in [0.717, 1.165) is 18.0 Å². The van der Waals surface area contributed by atoms with Crippen LogP contribution in [0.3, 0.4) is 0 Å². The van der Waals surface area contributed by atoms with Crippen LogP contribution in [-0.4, -0.2) is 23.7 Å². The van der Waals surface area contributed by atoms with Gasteiger partial charge in [0.25, 0.3) is 0 Å². The van der Waals surface area contributed by atoms with Gasteiger partial charge in [0, 0.05) is 12.6 Å². The van der Waals surface area contributed by atoms with Gasteiger partial charge in [0.2, 0.25) is 0 Å². The molecule has 0 saturated heterocycles. The lowest BCUT2D eigenvalue weighted by Crippen LogP contribution is -2.30. The van der Waals surface area contributed by atoms with Crippen LogP contribution in [0.2, 0.25) is 0 Å². The number of hydrogen-bond acceptors (Lipinski definition) is 3. The number of anilines is 1. The molecular weight excluding hydrogens is 234 g/mol. The van der Waals surface area contributed by atoms with Gasteiger partial charge in [-0.25, -0.2) is 4.79 Å². The highest BCUT2D eigenvalue weighted by Gasteiger charge is 2.14. The highest BCUT2D eigenvalue weighted by atomic mass is 32.1. The number of rotatable bonds is 7. The zero-order chi connectivity index (χ0) is 12.8. The van der Waals surface area contributed by atoms with E-state index in [1.54, 1.807) is 6.07 Å². The summed E-state index contributed by atoms with van der Waals surface area (Å²) in [5.74, 6) is -0.835. The van der Waals surface area contributed by atoms with Crippen molar-refractivity contribution in [3.63, 3.8) is 0 Å². The highest BCUT2D eigenvalue weighted by molar-refractivity contribution is 7.17. The third-order valence-electron chi connectivity index (χ3n) is 2.71. The zero-order valence-electron chi connectivity index (χ0n) is 10.8. The molecule has 0 aliphatic carbocycles. The van der Waals surface area contributed by atoms with E-state index in [1.807, 2.05) is 6.07 Å². The maximum absolute atomic E-state index is 10.9. The number of carboxylic acids is 1. The minimum absolute atomic E-state index is 0.409. The van der Waals surface area contributed by atoms with E-state index in [0.29, 0.717) is 10.9 Å². The molecule has 1 N–H and O–H groups in total. The van der Waals surface area contributed by atoms with E-state index in [1.165, 1.54) is 24.2 Å². The summed E-state index contributed by atoms with van der Waals surface area (Å²) in [4.78, 5) is 13.6. The number of aromatic carboxylic acids is 1. The maximum Gasteiger partial charge on any atom is 0.345 e. The average Bonchev–Trinajstić information content (AvgIpc) is 2.73. The van der Waals surface area contributed by atoms with E-state index in [-0.39, 0.29) is 0 Å². The van der Waals surface area contributed by atoms with Gasteiger partial charge in [-0.15, -0.1) is 11.3 Å². The summed E-state index contributed by atoms with van der Waals surface area (Å²) in [7, 11) is 0. The molecule has 4 heteroatoms. The van der Waals surface area contributed by atoms with Gasteiger partial charge >= 0.3 is 5.97 Å². The predicted molar refractivity (Wildman–Crippen MR) is 73.3 cm³/mol. The summed E-state index contributed by atoms with van der Waals surface area (Å²) < 4.78 is 0. The lowest BCUT2D eigenvalue weighted by atomic mass is 10.2. The first-order valence-electron chi connectivity index (χ1n) is 6.16. The second-order valence-corrected chi connectivity index (χ2v) is 5.50. The SMILES string of the molecule is CCCCCN(c1ccc(C(=O)O)s1)C(C)C. The number of thiophene rings is 1. The molecule has 0 bridgehead atoms. The summed E-state index contributed by atoms with van der Waals surface area (Å²) in [5.41, 5.74) is 0. The number of hydrogen-bond donors (Lipinski definition) is 1. The molecule has 0 atom stereocenters. The molecule has 0 aliphatic heterocycles. The molecule has 96 valence electrons. The Hall–Kier alpha value is -1.03. The molecule has 3 nitrogen and oxygen atoms in total. The first-order chi connectivity index (χ1) is 8.06. The van der Waals surface area contributed by atoms with Crippen molar-refractivity contribution < 1.29 is 9.90 Å². The van der Waals surface area contributed by atoms with Gasteiger partial charge in [0.1, 0.15) is 4.88 Å². The van der Waals surface area contributed by atoms with Crippen LogP contribution in [0, 0.1) is 0 Å². The molecule has 0 spiro atoms. The molecule has 17 heavy (non-hydrogen) atoms. The van der Waals surface area contributed by atoms with Crippen molar-refractivity contribution in [2.24, 2.45) is 0 Å². The molecule has 1 heterocycles. The van der Waals surface area contributed by atoms with Gasteiger partial charge in [-0.3, -0.25) is 0 Å². The predicted octanol–water partition coefficient (Wildman–Crippen LogP) is 3.85. The van der Waals surface area contributed by atoms with Crippen LogP contribution in [0.1, 0.15) is 49.7 Å². The summed E-state index contributed by atoms with van der Waals surface area (Å²) >= 11 is 1.36. The molecule has 0 fully saturated rings. The largest absolute Gasteiger partial charge is 0.477 e. The fourth-order valence-corrected chi connectivity index (χ4v) is 2.76. The van der Waals surface area contributed by atoms with Crippen LogP contribution in [0.25, 0.3) is 0 Å². The van der Waals surface area contributed by atoms with Crippen molar-refractivity contribution in [1.29, 1.82) is 0 Å². The second-order valence-electron chi connectivity index (χ2n) is 4.44. The number of carbonyl (C=O) groups is 1. The standard InChI is InChI=1S/C13H21NO2S/c1-4-5-6-9-14(10(2)3)12-8-7-11(17-12)13(15)16/h7-8,10H,4-6,9H2,1-3H3,(H,15,16). The number of nitrogens with zero attached hydrogens (tertiary/aromatic N) is 1. The van der Waals surface area contributed by atoms with Crippen molar-refractivity contribution in [2.45, 2.75) is 46.1 Å². The minimum Gasteiger partial charge on any atom is -0.477 e. The topological polar surface area (TPSA) is 40.5 Å². The van der Waals surface area contributed by atoms with Crippen molar-refractivity contribution in [1.82, 2.24) is 0 Å². The van der Waals surface area contributed by atoms with E-state index < -0.39 is 5.97 Å². The van der Waals surface area contributed by atoms with Crippen molar-refractivity contribution in [3.05, 3.63) is 17.0 Å². The summed E-state index contributed by atoms with van der Waals surface area (Å²) in [6.07, 6.45) is 3.59. The first-order valence-corrected chi connectivity index (χ1v) is 6.97. The summed E-state index contributed by atoms with van der Waals surface area (Å²) in [6, 6.07) is 4.02. The van der Waals surface area contributed by atoms with E-state index in [9.17, 15) is 4.79 Å². The van der Waals surface area contributed by atoms with Gasteiger partial charge in [0.05, 0.1) is 5.00 Å². The van der Waals surface area contributed by atoms with Gasteiger partial charge in [0.15, 0.2) is 0 Å². The van der Waals surface area contributed by atoms with Crippen LogP contribution in [-0.2, 0) is 0 Å². The number of carboxylic acid groups (broad SMARTS) is 1. The fourth-order valence-electron chi connectivity index (χ4n) is 1.75. The zero-order valence-corrected chi connectivity index (χ0v) is 11.6. The molecule has 0 aliphatic rings. The van der Waals surface area contributed by atoms with Crippen LogP contribution < -0.4 is 4.90 Å². The Labute approximate surface area is 107 Å². The van der Waals surface area contributed by atoms with Crippen LogP contribution >= 0.6 is 11.3 Å². The maximum atomic E-state index is 10.9. The normalized spacial score (nSPS) is 10.8. The summed E-state index contributed by atoms with van der Waals surface area (Å²) in [6.45, 7) is 7.48. The molecule has 0 radical (unpaired) electrons. The van der Waals surface area contributed by atoms with Gasteiger partial charge in [-0.2, -0.15) is 0 Å². The molecule has 1 rings (SSSR count). The van der Waals surface area contributed by atoms with Crippen LogP contribution in [0.5, 0.6) is 0 Å². The van der Waals surface area contributed by atoms with Gasteiger partial charge in [-0.05, 0) is 32.4 Å². The molecule has 0 aromatic carbocycles. The van der Waals surface area contributed by atoms with Crippen molar-refractivity contribution in [2.75, 3.05) is 11.4 Å². The molecular formula is C13H21NO2S. The molecule has 0 amide bonds. The Morgan fingerprint density at radius 1 is 1.41 bits per heavy atom. The first kappa shape index (κ1) is 14.0. The van der Waals surface area contributed by atoms with E-state index in [4.69, 9.17) is 5.11 Å². The summed E-state index contributed by atoms with van der Waals surface area (Å²) in [5, 5.41) is 9.99. The third-order valence-corrected chi connectivity index (χ3v) is 3.82. The Balaban J connectivity index is 2.71. The Morgan fingerprint density at radius 3 is 2.59 bits per heavy atom.